The Morgan fingerprint density at radius 3 is 2.41 bits per heavy atom. The summed E-state index contributed by atoms with van der Waals surface area (Å²) in [6.07, 6.45) is 3.17. The number of nitrogens with zero attached hydrogens (tertiary/aromatic N) is 1. The van der Waals surface area contributed by atoms with E-state index in [0.717, 1.165) is 5.69 Å². The third-order valence-electron chi connectivity index (χ3n) is 2.82. The zero-order valence-corrected chi connectivity index (χ0v) is 13.9. The number of halogens is 2. The molecule has 0 radical (unpaired) electrons. The van der Waals surface area contributed by atoms with E-state index in [1.54, 1.807) is 30.5 Å². The van der Waals surface area contributed by atoms with Gasteiger partial charge in [0.1, 0.15) is 0 Å². The molecule has 0 saturated carbocycles. The molecule has 1 aromatic heterocycles. The van der Waals surface area contributed by atoms with Crippen LogP contribution in [0, 0.1) is 5.92 Å². The Labute approximate surface area is 139 Å². The van der Waals surface area contributed by atoms with E-state index >= 15 is 0 Å². The minimum atomic E-state index is -0.144. The molecule has 22 heavy (non-hydrogen) atoms. The average molecular weight is 338 g/mol. The number of carbonyl (C=O) groups is 1. The number of amides is 1. The predicted molar refractivity (Wildman–Crippen MR) is 91.2 cm³/mol. The number of hydrogen-bond donors (Lipinski definition) is 2. The second-order valence-corrected chi connectivity index (χ2v) is 6.22. The Bertz CT molecular complexity index is 654. The summed E-state index contributed by atoms with van der Waals surface area (Å²) in [5.74, 6) is 0.251. The van der Waals surface area contributed by atoms with Crippen molar-refractivity contribution < 1.29 is 4.79 Å². The highest BCUT2D eigenvalue weighted by atomic mass is 35.5. The first-order chi connectivity index (χ1) is 10.4. The van der Waals surface area contributed by atoms with E-state index in [0.29, 0.717) is 33.8 Å². The molecule has 0 aliphatic carbocycles. The van der Waals surface area contributed by atoms with E-state index in [1.165, 1.54) is 6.20 Å². The van der Waals surface area contributed by atoms with Crippen LogP contribution in [0.3, 0.4) is 0 Å². The fraction of sp³-hybridized carbons (Fsp3) is 0.250. The fourth-order valence-corrected chi connectivity index (χ4v) is 2.35. The van der Waals surface area contributed by atoms with Crippen LogP contribution in [-0.4, -0.2) is 17.4 Å². The minimum Gasteiger partial charge on any atom is -0.354 e. The molecule has 2 aromatic rings. The van der Waals surface area contributed by atoms with Crippen LogP contribution in [0.25, 0.3) is 0 Å². The molecule has 0 fully saturated rings. The van der Waals surface area contributed by atoms with Crippen molar-refractivity contribution in [2.24, 2.45) is 5.92 Å². The summed E-state index contributed by atoms with van der Waals surface area (Å²) in [7, 11) is 0. The Morgan fingerprint density at radius 1 is 1.09 bits per heavy atom. The number of hydrogen-bond acceptors (Lipinski definition) is 3. The first-order valence-corrected chi connectivity index (χ1v) is 7.66. The lowest BCUT2D eigenvalue weighted by atomic mass is 10.2. The summed E-state index contributed by atoms with van der Waals surface area (Å²) < 4.78 is 0. The van der Waals surface area contributed by atoms with Crippen molar-refractivity contribution in [3.63, 3.8) is 0 Å². The standard InChI is InChI=1S/C16H17Cl2N3O/c1-10(2)7-20-16(22)11-3-15(9-19-8-11)21-14-5-12(17)4-13(18)6-14/h3-6,8-10,21H,7H2,1-2H3,(H,20,22). The molecule has 4 nitrogen and oxygen atoms in total. The van der Waals surface area contributed by atoms with E-state index < -0.39 is 0 Å². The minimum absolute atomic E-state index is 0.144. The van der Waals surface area contributed by atoms with Crippen molar-refractivity contribution in [3.05, 3.63) is 52.3 Å². The molecule has 0 atom stereocenters. The first-order valence-electron chi connectivity index (χ1n) is 6.90. The first kappa shape index (κ1) is 16.6. The van der Waals surface area contributed by atoms with Crippen LogP contribution >= 0.6 is 23.2 Å². The van der Waals surface area contributed by atoms with Gasteiger partial charge in [0, 0.05) is 28.5 Å². The van der Waals surface area contributed by atoms with Gasteiger partial charge in [0.2, 0.25) is 0 Å². The number of rotatable bonds is 5. The number of aromatic nitrogens is 1. The van der Waals surface area contributed by atoms with E-state index in [2.05, 4.69) is 15.6 Å². The van der Waals surface area contributed by atoms with Crippen molar-refractivity contribution in [2.75, 3.05) is 11.9 Å². The molecular formula is C16H17Cl2N3O. The van der Waals surface area contributed by atoms with E-state index in [-0.39, 0.29) is 5.91 Å². The van der Waals surface area contributed by atoms with Crippen molar-refractivity contribution in [1.29, 1.82) is 0 Å². The molecule has 2 rings (SSSR count). The number of carbonyl (C=O) groups excluding carboxylic acids is 1. The molecule has 1 aromatic carbocycles. The normalized spacial score (nSPS) is 10.6. The summed E-state index contributed by atoms with van der Waals surface area (Å²) in [5, 5.41) is 7.06. The number of benzene rings is 1. The van der Waals surface area contributed by atoms with Crippen LogP contribution in [0.1, 0.15) is 24.2 Å². The van der Waals surface area contributed by atoms with Gasteiger partial charge in [0.15, 0.2) is 0 Å². The van der Waals surface area contributed by atoms with Gasteiger partial charge in [-0.3, -0.25) is 9.78 Å². The highest BCUT2D eigenvalue weighted by Gasteiger charge is 2.08. The number of nitrogens with one attached hydrogen (secondary N) is 2. The molecule has 0 spiro atoms. The summed E-state index contributed by atoms with van der Waals surface area (Å²) >= 11 is 11.9. The van der Waals surface area contributed by atoms with Crippen molar-refractivity contribution >= 4 is 40.5 Å². The summed E-state index contributed by atoms with van der Waals surface area (Å²) in [5.41, 5.74) is 1.92. The summed E-state index contributed by atoms with van der Waals surface area (Å²) in [6, 6.07) is 6.89. The van der Waals surface area contributed by atoms with Crippen LogP contribution in [0.15, 0.2) is 36.7 Å². The quantitative estimate of drug-likeness (QED) is 0.843. The molecule has 116 valence electrons. The lowest BCUT2D eigenvalue weighted by Gasteiger charge is -2.10. The van der Waals surface area contributed by atoms with Gasteiger partial charge in [0.25, 0.3) is 5.91 Å². The Morgan fingerprint density at radius 2 is 1.77 bits per heavy atom. The van der Waals surface area contributed by atoms with Gasteiger partial charge in [-0.1, -0.05) is 37.0 Å². The lowest BCUT2D eigenvalue weighted by Crippen LogP contribution is -2.27. The maximum Gasteiger partial charge on any atom is 0.252 e. The molecule has 6 heteroatoms. The Kier molecular flexibility index (Phi) is 5.63. The fourth-order valence-electron chi connectivity index (χ4n) is 1.82. The maximum absolute atomic E-state index is 12.0. The number of pyridine rings is 1. The van der Waals surface area contributed by atoms with Crippen molar-refractivity contribution in [2.45, 2.75) is 13.8 Å². The van der Waals surface area contributed by atoms with Crippen LogP contribution < -0.4 is 10.6 Å². The smallest absolute Gasteiger partial charge is 0.252 e. The lowest BCUT2D eigenvalue weighted by molar-refractivity contribution is 0.0948. The second kappa shape index (κ2) is 7.47. The van der Waals surface area contributed by atoms with Gasteiger partial charge in [-0.25, -0.2) is 0 Å². The molecule has 0 saturated heterocycles. The molecular weight excluding hydrogens is 321 g/mol. The molecule has 1 amide bonds. The average Bonchev–Trinajstić information content (AvgIpc) is 2.44. The number of anilines is 2. The zero-order valence-electron chi connectivity index (χ0n) is 12.4. The molecule has 0 aliphatic heterocycles. The highest BCUT2D eigenvalue weighted by Crippen LogP contribution is 2.25. The maximum atomic E-state index is 12.0. The predicted octanol–water partition coefficient (Wildman–Crippen LogP) is 4.52. The largest absolute Gasteiger partial charge is 0.354 e. The summed E-state index contributed by atoms with van der Waals surface area (Å²) in [4.78, 5) is 16.1. The van der Waals surface area contributed by atoms with Crippen LogP contribution in [0.5, 0.6) is 0 Å². The third-order valence-corrected chi connectivity index (χ3v) is 3.26. The molecule has 2 N–H and O–H groups in total. The van der Waals surface area contributed by atoms with Crippen LogP contribution in [-0.2, 0) is 0 Å². The van der Waals surface area contributed by atoms with Crippen LogP contribution in [0.4, 0.5) is 11.4 Å². The molecule has 0 unspecified atom stereocenters. The van der Waals surface area contributed by atoms with E-state index in [9.17, 15) is 4.79 Å². The Balaban J connectivity index is 2.12. The molecule has 1 heterocycles. The molecule has 0 aliphatic rings. The Hall–Kier alpha value is -1.78. The van der Waals surface area contributed by atoms with Gasteiger partial charge in [0.05, 0.1) is 17.4 Å². The molecule has 0 bridgehead atoms. The van der Waals surface area contributed by atoms with Crippen molar-refractivity contribution in [3.8, 4) is 0 Å². The van der Waals surface area contributed by atoms with E-state index in [1.807, 2.05) is 13.8 Å². The van der Waals surface area contributed by atoms with E-state index in [4.69, 9.17) is 23.2 Å². The summed E-state index contributed by atoms with van der Waals surface area (Å²) in [6.45, 7) is 4.71. The monoisotopic (exact) mass is 337 g/mol. The van der Waals surface area contributed by atoms with Crippen LogP contribution in [0.2, 0.25) is 10.0 Å². The topological polar surface area (TPSA) is 54.0 Å². The second-order valence-electron chi connectivity index (χ2n) is 5.35. The zero-order chi connectivity index (χ0) is 16.1. The third kappa shape index (κ3) is 4.90. The van der Waals surface area contributed by atoms with Gasteiger partial charge < -0.3 is 10.6 Å². The highest BCUT2D eigenvalue weighted by molar-refractivity contribution is 6.35. The van der Waals surface area contributed by atoms with Gasteiger partial charge >= 0.3 is 0 Å². The van der Waals surface area contributed by atoms with Crippen molar-refractivity contribution in [1.82, 2.24) is 10.3 Å². The van der Waals surface area contributed by atoms with Gasteiger partial charge in [-0.05, 0) is 30.2 Å². The van der Waals surface area contributed by atoms with Gasteiger partial charge in [-0.15, -0.1) is 0 Å². The van der Waals surface area contributed by atoms with Gasteiger partial charge in [-0.2, -0.15) is 0 Å². The SMILES string of the molecule is CC(C)CNC(=O)c1cncc(Nc2cc(Cl)cc(Cl)c2)c1.